The number of aromatic nitrogens is 2. The van der Waals surface area contributed by atoms with E-state index in [-0.39, 0.29) is 18.5 Å². The van der Waals surface area contributed by atoms with E-state index in [0.717, 1.165) is 12.0 Å². The summed E-state index contributed by atoms with van der Waals surface area (Å²) in [6.07, 6.45) is 1.91. The Kier molecular flexibility index (Phi) is 6.84. The van der Waals surface area contributed by atoms with Gasteiger partial charge in [0, 0.05) is 12.5 Å². The second-order valence-electron chi connectivity index (χ2n) is 6.41. The largest absolute Gasteiger partial charge is 0.497 e. The maximum Gasteiger partial charge on any atom is 0.306 e. The molecule has 3 rings (SSSR count). The third-order valence-electron chi connectivity index (χ3n) is 4.52. The van der Waals surface area contributed by atoms with Crippen molar-refractivity contribution in [1.29, 1.82) is 0 Å². The zero-order valence-corrected chi connectivity index (χ0v) is 16.8. The zero-order chi connectivity index (χ0) is 20.6. The Balaban J connectivity index is 1.54. The molecule has 152 valence electrons. The van der Waals surface area contributed by atoms with Gasteiger partial charge in [0.2, 0.25) is 5.82 Å². The summed E-state index contributed by atoms with van der Waals surface area (Å²) in [5.41, 5.74) is 3.04. The predicted octanol–water partition coefficient (Wildman–Crippen LogP) is 3.99. The van der Waals surface area contributed by atoms with Crippen LogP contribution >= 0.6 is 0 Å². The summed E-state index contributed by atoms with van der Waals surface area (Å²) >= 11 is 0. The Bertz CT molecular complexity index is 950. The second-order valence-corrected chi connectivity index (χ2v) is 6.41. The van der Waals surface area contributed by atoms with Crippen LogP contribution in [-0.2, 0) is 29.0 Å². The minimum Gasteiger partial charge on any atom is -0.497 e. The standard InChI is InChI=1S/C22H24N2O5/c1-4-15-5-7-16(8-6-15)9-12-21(25)28-14-20-23-22(24-29-20)18-11-10-17(26-2)13-19(18)27-3/h5-8,10-11,13H,4,9,12,14H2,1-3H3. The second kappa shape index (κ2) is 9.73. The molecule has 0 aliphatic carbocycles. The minimum atomic E-state index is -0.314. The molecule has 0 amide bonds. The number of ether oxygens (including phenoxy) is 3. The molecule has 0 spiro atoms. The third kappa shape index (κ3) is 5.34. The van der Waals surface area contributed by atoms with Crippen molar-refractivity contribution in [2.75, 3.05) is 14.2 Å². The van der Waals surface area contributed by atoms with Gasteiger partial charge in [-0.25, -0.2) is 0 Å². The van der Waals surface area contributed by atoms with Gasteiger partial charge in [-0.1, -0.05) is 36.3 Å². The van der Waals surface area contributed by atoms with Crippen molar-refractivity contribution in [1.82, 2.24) is 10.1 Å². The van der Waals surface area contributed by atoms with Crippen LogP contribution in [0.3, 0.4) is 0 Å². The van der Waals surface area contributed by atoms with E-state index < -0.39 is 0 Å². The lowest BCUT2D eigenvalue weighted by atomic mass is 10.1. The smallest absolute Gasteiger partial charge is 0.306 e. The summed E-state index contributed by atoms with van der Waals surface area (Å²) in [6, 6.07) is 13.5. The molecule has 7 heteroatoms. The summed E-state index contributed by atoms with van der Waals surface area (Å²) in [5.74, 6) is 1.48. The first-order valence-corrected chi connectivity index (χ1v) is 9.41. The molecule has 0 bridgehead atoms. The number of carbonyl (C=O) groups is 1. The van der Waals surface area contributed by atoms with Gasteiger partial charge in [0.1, 0.15) is 11.5 Å². The van der Waals surface area contributed by atoms with Gasteiger partial charge >= 0.3 is 5.97 Å². The van der Waals surface area contributed by atoms with Crippen molar-refractivity contribution < 1.29 is 23.5 Å². The highest BCUT2D eigenvalue weighted by Crippen LogP contribution is 2.31. The first-order chi connectivity index (χ1) is 14.1. The lowest BCUT2D eigenvalue weighted by molar-refractivity contribution is -0.145. The van der Waals surface area contributed by atoms with Crippen LogP contribution in [0, 0.1) is 0 Å². The van der Waals surface area contributed by atoms with E-state index >= 15 is 0 Å². The molecular formula is C22H24N2O5. The van der Waals surface area contributed by atoms with Crippen molar-refractivity contribution in [3.05, 3.63) is 59.5 Å². The fourth-order valence-electron chi connectivity index (χ4n) is 2.81. The van der Waals surface area contributed by atoms with Crippen LogP contribution in [-0.4, -0.2) is 30.3 Å². The highest BCUT2D eigenvalue weighted by molar-refractivity contribution is 5.69. The van der Waals surface area contributed by atoms with Gasteiger partial charge in [0.05, 0.1) is 19.8 Å². The first-order valence-electron chi connectivity index (χ1n) is 9.41. The van der Waals surface area contributed by atoms with Gasteiger partial charge < -0.3 is 18.7 Å². The topological polar surface area (TPSA) is 83.7 Å². The summed E-state index contributed by atoms with van der Waals surface area (Å²) in [5, 5.41) is 3.94. The number of hydrogen-bond acceptors (Lipinski definition) is 7. The quantitative estimate of drug-likeness (QED) is 0.506. The predicted molar refractivity (Wildman–Crippen MR) is 107 cm³/mol. The van der Waals surface area contributed by atoms with Crippen molar-refractivity contribution >= 4 is 5.97 Å². The van der Waals surface area contributed by atoms with Gasteiger partial charge in [0.25, 0.3) is 5.89 Å². The Hall–Kier alpha value is -3.35. The summed E-state index contributed by atoms with van der Waals surface area (Å²) in [6.45, 7) is 2.04. The molecule has 0 aliphatic heterocycles. The zero-order valence-electron chi connectivity index (χ0n) is 16.8. The van der Waals surface area contributed by atoms with Gasteiger partial charge in [-0.3, -0.25) is 4.79 Å². The molecular weight excluding hydrogens is 372 g/mol. The number of rotatable bonds is 9. The maximum absolute atomic E-state index is 12.0. The van der Waals surface area contributed by atoms with Gasteiger partial charge in [-0.2, -0.15) is 4.98 Å². The van der Waals surface area contributed by atoms with Crippen LogP contribution < -0.4 is 9.47 Å². The molecule has 7 nitrogen and oxygen atoms in total. The highest BCUT2D eigenvalue weighted by atomic mass is 16.6. The molecule has 0 N–H and O–H groups in total. The molecule has 0 atom stereocenters. The number of hydrogen-bond donors (Lipinski definition) is 0. The molecule has 0 aliphatic rings. The molecule has 1 heterocycles. The maximum atomic E-state index is 12.0. The summed E-state index contributed by atoms with van der Waals surface area (Å²) < 4.78 is 21.0. The van der Waals surface area contributed by atoms with E-state index in [1.165, 1.54) is 5.56 Å². The Morgan fingerprint density at radius 3 is 2.48 bits per heavy atom. The molecule has 0 saturated heterocycles. The summed E-state index contributed by atoms with van der Waals surface area (Å²) in [7, 11) is 3.13. The van der Waals surface area contributed by atoms with Crippen LogP contribution in [0.25, 0.3) is 11.4 Å². The fourth-order valence-corrected chi connectivity index (χ4v) is 2.81. The molecule has 3 aromatic rings. The molecule has 29 heavy (non-hydrogen) atoms. The van der Waals surface area contributed by atoms with Crippen molar-refractivity contribution in [2.45, 2.75) is 32.8 Å². The number of esters is 1. The van der Waals surface area contributed by atoms with E-state index in [9.17, 15) is 4.79 Å². The lowest BCUT2D eigenvalue weighted by Gasteiger charge is -2.07. The van der Waals surface area contributed by atoms with Crippen LogP contribution in [0.5, 0.6) is 11.5 Å². The molecule has 0 fully saturated rings. The molecule has 0 unspecified atom stereocenters. The van der Waals surface area contributed by atoms with Crippen LogP contribution in [0.2, 0.25) is 0 Å². The Morgan fingerprint density at radius 2 is 1.79 bits per heavy atom. The van der Waals surface area contributed by atoms with Gasteiger partial charge in [-0.05, 0) is 36.1 Å². The normalized spacial score (nSPS) is 10.6. The average Bonchev–Trinajstić information content (AvgIpc) is 3.25. The van der Waals surface area contributed by atoms with Crippen molar-refractivity contribution in [3.8, 4) is 22.9 Å². The van der Waals surface area contributed by atoms with E-state index in [1.54, 1.807) is 32.4 Å². The van der Waals surface area contributed by atoms with E-state index in [4.69, 9.17) is 18.7 Å². The van der Waals surface area contributed by atoms with E-state index in [1.807, 2.05) is 12.1 Å². The SMILES string of the molecule is CCc1ccc(CCC(=O)OCc2nc(-c3ccc(OC)cc3OC)no2)cc1. The van der Waals surface area contributed by atoms with Gasteiger partial charge in [0.15, 0.2) is 6.61 Å². The number of benzene rings is 2. The Labute approximate surface area is 169 Å². The van der Waals surface area contributed by atoms with Gasteiger partial charge in [-0.15, -0.1) is 0 Å². The number of methoxy groups -OCH3 is 2. The lowest BCUT2D eigenvalue weighted by Crippen LogP contribution is -2.06. The molecule has 1 aromatic heterocycles. The highest BCUT2D eigenvalue weighted by Gasteiger charge is 2.15. The first kappa shape index (κ1) is 20.4. The minimum absolute atomic E-state index is 0.0704. The molecule has 0 radical (unpaired) electrons. The number of carbonyl (C=O) groups excluding carboxylic acids is 1. The molecule has 2 aromatic carbocycles. The summed E-state index contributed by atoms with van der Waals surface area (Å²) in [4.78, 5) is 16.3. The fraction of sp³-hybridized carbons (Fsp3) is 0.318. The molecule has 0 saturated carbocycles. The van der Waals surface area contributed by atoms with E-state index in [2.05, 4.69) is 29.2 Å². The van der Waals surface area contributed by atoms with E-state index in [0.29, 0.717) is 35.7 Å². The monoisotopic (exact) mass is 396 g/mol. The van der Waals surface area contributed by atoms with Crippen molar-refractivity contribution in [2.24, 2.45) is 0 Å². The number of nitrogens with zero attached hydrogens (tertiary/aromatic N) is 2. The Morgan fingerprint density at radius 1 is 1.03 bits per heavy atom. The third-order valence-corrected chi connectivity index (χ3v) is 4.52. The van der Waals surface area contributed by atoms with Crippen LogP contribution in [0.1, 0.15) is 30.4 Å². The number of aryl methyl sites for hydroxylation is 2. The van der Waals surface area contributed by atoms with Crippen LogP contribution in [0.4, 0.5) is 0 Å². The van der Waals surface area contributed by atoms with Crippen LogP contribution in [0.15, 0.2) is 47.0 Å². The average molecular weight is 396 g/mol. The van der Waals surface area contributed by atoms with Crippen molar-refractivity contribution in [3.63, 3.8) is 0 Å².